The molecule has 0 spiro atoms. The van der Waals surface area contributed by atoms with Gasteiger partial charge in [-0.15, -0.1) is 0 Å². The number of fused-ring (bicyclic) bond motifs is 16. The van der Waals surface area contributed by atoms with E-state index >= 15 is 0 Å². The first kappa shape index (κ1) is 33.6. The molecule has 0 radical (unpaired) electrons. The van der Waals surface area contributed by atoms with E-state index in [1.54, 1.807) is 0 Å². The van der Waals surface area contributed by atoms with Gasteiger partial charge >= 0.3 is 0 Å². The zero-order valence-corrected chi connectivity index (χ0v) is 33.1. The van der Waals surface area contributed by atoms with E-state index < -0.39 is 0 Å². The molecule has 0 aliphatic carbocycles. The average molecular weight is 760 g/mol. The minimum atomic E-state index is 0.736. The zero-order valence-electron chi connectivity index (χ0n) is 33.1. The first-order chi connectivity index (χ1) is 28.9. The maximum Gasteiger partial charge on any atom is 0.146 e. The molecule has 0 saturated carbocycles. The molecule has 0 N–H and O–H groups in total. The van der Waals surface area contributed by atoms with Crippen LogP contribution < -0.4 is 4.74 Å². The summed E-state index contributed by atoms with van der Waals surface area (Å²) < 4.78 is 11.4. The Balaban J connectivity index is 1.12. The number of hydrogen-bond acceptors (Lipinski definition) is 4. The van der Waals surface area contributed by atoms with Crippen molar-refractivity contribution in [3.8, 4) is 33.8 Å². The van der Waals surface area contributed by atoms with Crippen LogP contribution in [0.15, 0.2) is 152 Å². The van der Waals surface area contributed by atoms with Crippen molar-refractivity contribution in [2.24, 2.45) is 0 Å². The Morgan fingerprint density at radius 1 is 0.424 bits per heavy atom. The molecule has 12 rings (SSSR count). The van der Waals surface area contributed by atoms with Crippen LogP contribution in [0.1, 0.15) is 22.3 Å². The largest absolute Gasteiger partial charge is 0.457 e. The second-order valence-electron chi connectivity index (χ2n) is 15.8. The number of hydrogen-bond donors (Lipinski definition) is 0. The smallest absolute Gasteiger partial charge is 0.146 e. The van der Waals surface area contributed by atoms with Gasteiger partial charge in [0.2, 0.25) is 0 Å². The van der Waals surface area contributed by atoms with Crippen LogP contribution in [0.3, 0.4) is 0 Å². The number of ether oxygens (including phenoxy) is 1. The minimum absolute atomic E-state index is 0.736. The molecular weight excluding hydrogens is 723 g/mol. The van der Waals surface area contributed by atoms with Crippen LogP contribution in [0.5, 0.6) is 11.5 Å². The molecule has 0 amide bonds. The lowest BCUT2D eigenvalue weighted by Crippen LogP contribution is -2.00. The minimum Gasteiger partial charge on any atom is -0.457 e. The van der Waals surface area contributed by atoms with Crippen molar-refractivity contribution in [1.29, 1.82) is 0 Å². The molecule has 6 nitrogen and oxygen atoms in total. The normalized spacial score (nSPS) is 12.1. The van der Waals surface area contributed by atoms with Crippen LogP contribution >= 0.6 is 0 Å². The second kappa shape index (κ2) is 12.5. The molecule has 0 atom stereocenters. The third-order valence-corrected chi connectivity index (χ3v) is 12.3. The highest BCUT2D eigenvalue weighted by molar-refractivity contribution is 6.20. The Bertz CT molecular complexity index is 3720. The van der Waals surface area contributed by atoms with Crippen molar-refractivity contribution < 1.29 is 4.74 Å². The van der Waals surface area contributed by atoms with Crippen LogP contribution in [-0.2, 0) is 0 Å². The summed E-state index contributed by atoms with van der Waals surface area (Å²) in [7, 11) is 0. The van der Waals surface area contributed by atoms with Gasteiger partial charge in [0.05, 0.1) is 39.3 Å². The summed E-state index contributed by atoms with van der Waals surface area (Å²) in [6, 6.07) is 49.5. The van der Waals surface area contributed by atoms with E-state index in [1.807, 2.05) is 18.5 Å². The maximum atomic E-state index is 6.81. The molecule has 12 aromatic rings. The van der Waals surface area contributed by atoms with Crippen molar-refractivity contribution in [2.75, 3.05) is 0 Å². The van der Waals surface area contributed by atoms with Gasteiger partial charge in [-0.05, 0) is 144 Å². The van der Waals surface area contributed by atoms with Crippen LogP contribution in [0.4, 0.5) is 0 Å². The highest BCUT2D eigenvalue weighted by atomic mass is 16.5. The van der Waals surface area contributed by atoms with Crippen molar-refractivity contribution in [1.82, 2.24) is 23.8 Å². The number of para-hydroxylation sites is 4. The fourth-order valence-corrected chi connectivity index (χ4v) is 9.78. The van der Waals surface area contributed by atoms with Crippen LogP contribution in [-0.4, -0.2) is 23.8 Å². The molecule has 6 heteroatoms. The number of benzene rings is 7. The van der Waals surface area contributed by atoms with Gasteiger partial charge < -0.3 is 4.74 Å². The summed E-state index contributed by atoms with van der Waals surface area (Å²) in [5.74, 6) is 1.47. The van der Waals surface area contributed by atoms with Gasteiger partial charge in [-0.2, -0.15) is 0 Å². The first-order valence-electron chi connectivity index (χ1n) is 20.1. The van der Waals surface area contributed by atoms with Gasteiger partial charge in [0.1, 0.15) is 22.8 Å². The highest BCUT2D eigenvalue weighted by Crippen LogP contribution is 2.46. The quantitative estimate of drug-likeness (QED) is 0.168. The molecule has 5 heterocycles. The predicted octanol–water partition coefficient (Wildman–Crippen LogP) is 13.7. The van der Waals surface area contributed by atoms with Gasteiger partial charge in [-0.1, -0.05) is 72.8 Å². The van der Waals surface area contributed by atoms with Crippen molar-refractivity contribution in [2.45, 2.75) is 27.7 Å². The van der Waals surface area contributed by atoms with Crippen LogP contribution in [0.25, 0.3) is 99.0 Å². The highest BCUT2D eigenvalue weighted by Gasteiger charge is 2.24. The maximum absolute atomic E-state index is 6.81. The van der Waals surface area contributed by atoms with Crippen molar-refractivity contribution in [3.05, 3.63) is 174 Å². The average Bonchev–Trinajstić information content (AvgIpc) is 3.84. The number of aryl methyl sites for hydroxylation is 4. The summed E-state index contributed by atoms with van der Waals surface area (Å²) in [5, 5.41) is 6.55. The van der Waals surface area contributed by atoms with E-state index in [-0.39, 0.29) is 0 Å². The number of aromatic nitrogens is 5. The third-order valence-electron chi connectivity index (χ3n) is 12.3. The predicted molar refractivity (Wildman–Crippen MR) is 243 cm³/mol. The number of imidazole rings is 2. The van der Waals surface area contributed by atoms with Crippen LogP contribution in [0, 0.1) is 27.7 Å². The molecule has 280 valence electrons. The second-order valence-corrected chi connectivity index (χ2v) is 15.8. The summed E-state index contributed by atoms with van der Waals surface area (Å²) in [5.41, 5.74) is 17.9. The molecule has 0 aliphatic heterocycles. The molecule has 5 aromatic heterocycles. The van der Waals surface area contributed by atoms with Crippen LogP contribution in [0.2, 0.25) is 0 Å². The van der Waals surface area contributed by atoms with Gasteiger partial charge in [-0.25, -0.2) is 9.97 Å². The SMILES string of the molecule is Cc1cccc(C)c1-c1ccc2c3ccc(Oc4ccc5c6ccncc6n6c7ccccc7nc6c5c4)cc3c3nc4ccccc4n3c2c1-c1c(C)cccc1C. The number of rotatable bonds is 4. The van der Waals surface area contributed by atoms with Gasteiger partial charge in [-0.3, -0.25) is 13.8 Å². The van der Waals surface area contributed by atoms with E-state index in [1.165, 1.54) is 44.5 Å². The fourth-order valence-electron chi connectivity index (χ4n) is 9.78. The monoisotopic (exact) mass is 759 g/mol. The summed E-state index contributed by atoms with van der Waals surface area (Å²) in [6.45, 7) is 8.91. The molecule has 0 bridgehead atoms. The molecule has 59 heavy (non-hydrogen) atoms. The summed E-state index contributed by atoms with van der Waals surface area (Å²) >= 11 is 0. The lowest BCUT2D eigenvalue weighted by Gasteiger charge is -2.22. The lowest BCUT2D eigenvalue weighted by molar-refractivity contribution is 0.484. The molecule has 0 fully saturated rings. The Labute approximate surface area is 339 Å². The lowest BCUT2D eigenvalue weighted by atomic mass is 9.84. The first-order valence-corrected chi connectivity index (χ1v) is 20.1. The molecule has 0 saturated heterocycles. The van der Waals surface area contributed by atoms with E-state index in [9.17, 15) is 0 Å². The summed E-state index contributed by atoms with van der Waals surface area (Å²) in [4.78, 5) is 15.0. The van der Waals surface area contributed by atoms with Gasteiger partial charge in [0.15, 0.2) is 0 Å². The van der Waals surface area contributed by atoms with E-state index in [0.29, 0.717) is 0 Å². The number of pyridine rings is 3. The number of nitrogens with zero attached hydrogens (tertiary/aromatic N) is 5. The van der Waals surface area contributed by atoms with E-state index in [4.69, 9.17) is 14.7 Å². The summed E-state index contributed by atoms with van der Waals surface area (Å²) in [6.07, 6.45) is 3.78. The van der Waals surface area contributed by atoms with E-state index in [2.05, 4.69) is 175 Å². The Hall–Kier alpha value is -7.57. The Kier molecular flexibility index (Phi) is 7.09. The van der Waals surface area contributed by atoms with Crippen molar-refractivity contribution >= 4 is 76.7 Å². The van der Waals surface area contributed by atoms with Crippen molar-refractivity contribution in [3.63, 3.8) is 0 Å². The zero-order chi connectivity index (χ0) is 39.5. The third kappa shape index (κ3) is 4.83. The standard InChI is InChI=1S/C53H37N5O/c1-30-11-9-12-31(2)48(30)40-24-23-39-37-22-20-35(28-42(37)53-56-44-16-6-8-18-46(44)58(53)51(39)50(40)49-32(3)13-10-14-33(49)4)59-34-19-21-36-38-25-26-54-29-47(38)57-45-17-7-5-15-43(45)55-52(57)41(36)27-34/h5-29H,1-4H3. The van der Waals surface area contributed by atoms with Gasteiger partial charge in [0.25, 0.3) is 0 Å². The van der Waals surface area contributed by atoms with Gasteiger partial charge in [0, 0.05) is 33.3 Å². The Morgan fingerprint density at radius 3 is 1.61 bits per heavy atom. The topological polar surface area (TPSA) is 56.7 Å². The van der Waals surface area contributed by atoms with E-state index in [0.717, 1.165) is 88.2 Å². The molecule has 0 aliphatic rings. The molecular formula is C53H37N5O. The Morgan fingerprint density at radius 2 is 0.966 bits per heavy atom. The fraction of sp³-hybridized carbons (Fsp3) is 0.0755. The molecule has 0 unspecified atom stereocenters. The molecule has 7 aromatic carbocycles.